The van der Waals surface area contributed by atoms with Gasteiger partial charge in [0.15, 0.2) is 5.13 Å². The molecule has 0 radical (unpaired) electrons. The quantitative estimate of drug-likeness (QED) is 0.498. The van der Waals surface area contributed by atoms with Crippen LogP contribution < -0.4 is 5.32 Å². The summed E-state index contributed by atoms with van der Waals surface area (Å²) in [6.45, 7) is 10.8. The summed E-state index contributed by atoms with van der Waals surface area (Å²) in [7, 11) is 2.17. The normalized spacial score (nSPS) is 20.0. The predicted octanol–water partition coefficient (Wildman–Crippen LogP) is 5.25. The van der Waals surface area contributed by atoms with Crippen LogP contribution >= 0.6 is 11.3 Å². The molecule has 2 bridgehead atoms. The van der Waals surface area contributed by atoms with E-state index in [1.54, 1.807) is 0 Å². The number of anilines is 1. The highest BCUT2D eigenvalue weighted by atomic mass is 32.1. The lowest BCUT2D eigenvalue weighted by Crippen LogP contribution is -2.42. The maximum atomic E-state index is 13.3. The standard InChI is InChI=1S/C27H32N6OS/c1-17-10-22(11-18(2)29-17)25-24(21-7-5-6-19(12-21)13-28-3)30-26(35-25)31-27(34)33-15-20-8-9-23(16-33)32(4)14-20/h5-7,10-12,20,23H,3,8-9,13-16H2,1-2,4H3,(H,30,31,34)/t20-,23-/m0/s1. The van der Waals surface area contributed by atoms with Gasteiger partial charge >= 0.3 is 6.03 Å². The van der Waals surface area contributed by atoms with E-state index < -0.39 is 0 Å². The van der Waals surface area contributed by atoms with E-state index in [2.05, 4.69) is 58.2 Å². The highest BCUT2D eigenvalue weighted by Crippen LogP contribution is 2.40. The lowest BCUT2D eigenvalue weighted by Gasteiger charge is -2.32. The molecule has 2 aromatic heterocycles. The van der Waals surface area contributed by atoms with E-state index in [-0.39, 0.29) is 6.03 Å². The van der Waals surface area contributed by atoms with Crippen molar-refractivity contribution in [1.29, 1.82) is 0 Å². The Labute approximate surface area is 210 Å². The van der Waals surface area contributed by atoms with Crippen LogP contribution in [0.2, 0.25) is 0 Å². The minimum absolute atomic E-state index is 0.0595. The van der Waals surface area contributed by atoms with E-state index in [0.29, 0.717) is 23.6 Å². The van der Waals surface area contributed by atoms with Crippen LogP contribution in [0.5, 0.6) is 0 Å². The number of hydrogen-bond acceptors (Lipinski definition) is 6. The van der Waals surface area contributed by atoms with E-state index in [9.17, 15) is 4.79 Å². The number of carbonyl (C=O) groups excluding carboxylic acids is 1. The third kappa shape index (κ3) is 5.13. The molecule has 0 saturated carbocycles. The van der Waals surface area contributed by atoms with Gasteiger partial charge in [0, 0.05) is 42.6 Å². The lowest BCUT2D eigenvalue weighted by atomic mass is 9.96. The fraction of sp³-hybridized carbons (Fsp3) is 0.407. The first-order valence-electron chi connectivity index (χ1n) is 12.1. The molecule has 3 aliphatic heterocycles. The van der Waals surface area contributed by atoms with E-state index in [1.165, 1.54) is 17.8 Å². The van der Waals surface area contributed by atoms with Crippen molar-refractivity contribution in [2.75, 3.05) is 32.0 Å². The number of piperidine rings is 1. The predicted molar refractivity (Wildman–Crippen MR) is 143 cm³/mol. The molecule has 2 atom stereocenters. The molecule has 35 heavy (non-hydrogen) atoms. The van der Waals surface area contributed by atoms with Crippen LogP contribution in [0, 0.1) is 19.8 Å². The van der Waals surface area contributed by atoms with Crippen molar-refractivity contribution in [2.45, 2.75) is 39.3 Å². The Morgan fingerprint density at radius 2 is 1.91 bits per heavy atom. The summed E-state index contributed by atoms with van der Waals surface area (Å²) in [5, 5.41) is 3.74. The van der Waals surface area contributed by atoms with Gasteiger partial charge in [-0.15, -0.1) is 0 Å². The summed E-state index contributed by atoms with van der Waals surface area (Å²) >= 11 is 1.52. The largest absolute Gasteiger partial charge is 0.323 e. The molecule has 7 nitrogen and oxygen atoms in total. The van der Waals surface area contributed by atoms with Crippen molar-refractivity contribution in [3.05, 3.63) is 53.3 Å². The topological polar surface area (TPSA) is 73.7 Å². The molecular formula is C27H32N6OS. The van der Waals surface area contributed by atoms with Gasteiger partial charge in [-0.3, -0.25) is 15.3 Å². The van der Waals surface area contributed by atoms with Crippen molar-refractivity contribution < 1.29 is 4.79 Å². The molecule has 1 N–H and O–H groups in total. The third-order valence-corrected chi connectivity index (χ3v) is 7.97. The van der Waals surface area contributed by atoms with E-state index >= 15 is 0 Å². The van der Waals surface area contributed by atoms with E-state index in [0.717, 1.165) is 64.7 Å². The Morgan fingerprint density at radius 3 is 2.66 bits per heavy atom. The number of aromatic nitrogens is 2. The van der Waals surface area contributed by atoms with Crippen molar-refractivity contribution >= 4 is 29.2 Å². The fourth-order valence-corrected chi connectivity index (χ4v) is 6.29. The summed E-state index contributed by atoms with van der Waals surface area (Å²) < 4.78 is 0. The molecule has 1 aromatic carbocycles. The summed E-state index contributed by atoms with van der Waals surface area (Å²) in [5.74, 6) is 0.538. The SMILES string of the molecule is C=NCc1cccc(-c2nc(NC(=O)N3C[C@H]4CC[C@@H](C3)N(C)C4)sc2-c2cc(C)nc(C)c2)c1. The van der Waals surface area contributed by atoms with E-state index in [4.69, 9.17) is 4.98 Å². The van der Waals surface area contributed by atoms with E-state index in [1.807, 2.05) is 30.9 Å². The maximum Gasteiger partial charge on any atom is 0.323 e. The van der Waals surface area contributed by atoms with Crippen molar-refractivity contribution in [2.24, 2.45) is 10.9 Å². The van der Waals surface area contributed by atoms with Crippen molar-refractivity contribution in [1.82, 2.24) is 19.8 Å². The van der Waals surface area contributed by atoms with Crippen LogP contribution in [0.1, 0.15) is 29.8 Å². The van der Waals surface area contributed by atoms with Gasteiger partial charge in [-0.25, -0.2) is 9.78 Å². The number of hydrogen-bond donors (Lipinski definition) is 1. The number of fused-ring (bicyclic) bond motifs is 4. The van der Waals surface area contributed by atoms with Crippen LogP contribution in [0.4, 0.5) is 9.93 Å². The molecule has 5 heterocycles. The molecule has 3 aliphatic rings. The van der Waals surface area contributed by atoms with Crippen molar-refractivity contribution in [3.63, 3.8) is 0 Å². The second kappa shape index (κ2) is 9.87. The number of aliphatic imine (C=N–C) groups is 1. The number of pyridine rings is 1. The van der Waals surface area contributed by atoms with Crippen LogP contribution in [0.25, 0.3) is 21.7 Å². The van der Waals surface area contributed by atoms with Gasteiger partial charge in [-0.1, -0.05) is 29.5 Å². The van der Waals surface area contributed by atoms with Gasteiger partial charge in [0.25, 0.3) is 0 Å². The first kappa shape index (κ1) is 23.6. The van der Waals surface area contributed by atoms with Crippen LogP contribution in [-0.2, 0) is 6.54 Å². The highest BCUT2D eigenvalue weighted by molar-refractivity contribution is 7.19. The zero-order chi connectivity index (χ0) is 24.5. The molecule has 3 fully saturated rings. The molecular weight excluding hydrogens is 456 g/mol. The minimum Gasteiger partial charge on any atom is -0.323 e. The average Bonchev–Trinajstić information content (AvgIpc) is 3.02. The summed E-state index contributed by atoms with van der Waals surface area (Å²) in [5.41, 5.74) is 5.91. The number of amides is 2. The number of carbonyl (C=O) groups is 1. The molecule has 0 spiro atoms. The van der Waals surface area contributed by atoms with Gasteiger partial charge in [-0.05, 0) is 75.7 Å². The van der Waals surface area contributed by atoms with Crippen LogP contribution in [-0.4, -0.2) is 65.2 Å². The molecule has 182 valence electrons. The van der Waals surface area contributed by atoms with Gasteiger partial charge in [0.1, 0.15) is 0 Å². The number of likely N-dealkylation sites (N-methyl/N-ethyl adjacent to an activating group) is 1. The Bertz CT molecular complexity index is 1230. The van der Waals surface area contributed by atoms with Gasteiger partial charge in [0.2, 0.25) is 0 Å². The van der Waals surface area contributed by atoms with Gasteiger partial charge in [0.05, 0.1) is 17.1 Å². The molecule has 8 heteroatoms. The third-order valence-electron chi connectivity index (χ3n) is 6.95. The second-order valence-electron chi connectivity index (χ2n) is 9.79. The highest BCUT2D eigenvalue weighted by Gasteiger charge is 2.35. The zero-order valence-corrected chi connectivity index (χ0v) is 21.4. The van der Waals surface area contributed by atoms with Crippen LogP contribution in [0.3, 0.4) is 0 Å². The number of urea groups is 1. The van der Waals surface area contributed by atoms with Gasteiger partial charge in [-0.2, -0.15) is 0 Å². The summed E-state index contributed by atoms with van der Waals surface area (Å²) in [6.07, 6.45) is 2.36. The van der Waals surface area contributed by atoms with Gasteiger partial charge < -0.3 is 9.80 Å². The Hall–Kier alpha value is -3.10. The number of benzene rings is 1. The van der Waals surface area contributed by atoms with Crippen LogP contribution in [0.15, 0.2) is 41.4 Å². The Balaban J connectivity index is 1.48. The maximum absolute atomic E-state index is 13.3. The lowest BCUT2D eigenvalue weighted by molar-refractivity contribution is 0.166. The average molecular weight is 489 g/mol. The monoisotopic (exact) mass is 488 g/mol. The number of nitrogens with one attached hydrogen (secondary N) is 1. The summed E-state index contributed by atoms with van der Waals surface area (Å²) in [6, 6.07) is 12.7. The fourth-order valence-electron chi connectivity index (χ4n) is 5.33. The molecule has 3 aromatic rings. The zero-order valence-electron chi connectivity index (χ0n) is 20.6. The first-order valence-corrected chi connectivity index (χ1v) is 13.0. The molecule has 6 rings (SSSR count). The van der Waals surface area contributed by atoms with Crippen molar-refractivity contribution in [3.8, 4) is 21.7 Å². The first-order chi connectivity index (χ1) is 16.9. The Morgan fingerprint density at radius 1 is 1.11 bits per heavy atom. The number of aryl methyl sites for hydroxylation is 2. The molecule has 0 aliphatic carbocycles. The second-order valence-corrected chi connectivity index (χ2v) is 10.8. The molecule has 0 unspecified atom stereocenters. The smallest absolute Gasteiger partial charge is 0.323 e. The molecule has 3 saturated heterocycles. The number of rotatable bonds is 5. The number of thiazole rings is 1. The molecule has 2 amide bonds. The number of nitrogens with zero attached hydrogens (tertiary/aromatic N) is 5. The minimum atomic E-state index is -0.0595. The summed E-state index contributed by atoms with van der Waals surface area (Å²) in [4.78, 5) is 32.2. The Kier molecular flexibility index (Phi) is 6.67.